The number of benzene rings is 3. The summed E-state index contributed by atoms with van der Waals surface area (Å²) < 4.78 is 10.0. The van der Waals surface area contributed by atoms with Gasteiger partial charge >= 0.3 is 6.09 Å². The molecule has 2 aromatic heterocycles. The zero-order valence-corrected chi connectivity index (χ0v) is 46.1. The summed E-state index contributed by atoms with van der Waals surface area (Å²) in [5.41, 5.74) is 9.79. The molecule has 5 heterocycles. The van der Waals surface area contributed by atoms with Gasteiger partial charge in [0.1, 0.15) is 17.7 Å². The minimum atomic E-state index is -0.472. The molecule has 0 aliphatic carbocycles. The number of ether oxygens (including phenoxy) is 2. The molecular weight excluding hydrogens is 929 g/mol. The number of anilines is 1. The molecular formula is C59H84N10O5. The van der Waals surface area contributed by atoms with Crippen LogP contribution in [0, 0.1) is 11.8 Å². The van der Waals surface area contributed by atoms with Gasteiger partial charge in [0, 0.05) is 37.6 Å². The molecule has 400 valence electrons. The first-order valence-electron chi connectivity index (χ1n) is 26.3. The Balaban J connectivity index is 0.00000142. The van der Waals surface area contributed by atoms with Crippen molar-refractivity contribution in [3.8, 4) is 22.5 Å². The first kappa shape index (κ1) is 56.7. The number of likely N-dealkylation sites (tertiary alicyclic amines) is 2. The minimum absolute atomic E-state index is 0.0291. The zero-order valence-electron chi connectivity index (χ0n) is 46.1. The summed E-state index contributed by atoms with van der Waals surface area (Å²) in [5, 5.41) is 16.6. The van der Waals surface area contributed by atoms with Crippen LogP contribution in [0.25, 0.3) is 22.5 Å². The third-order valence-electron chi connectivity index (χ3n) is 14.2. The number of aromatic amines is 2. The fourth-order valence-corrected chi connectivity index (χ4v) is 10.4. The van der Waals surface area contributed by atoms with E-state index in [4.69, 9.17) is 24.5 Å². The smallest absolute Gasteiger partial charge is 0.407 e. The van der Waals surface area contributed by atoms with Crippen LogP contribution in [0.4, 0.5) is 10.5 Å². The van der Waals surface area contributed by atoms with Crippen molar-refractivity contribution in [2.75, 3.05) is 52.9 Å². The summed E-state index contributed by atoms with van der Waals surface area (Å²) in [6, 6.07) is 26.8. The molecule has 15 heteroatoms. The van der Waals surface area contributed by atoms with Crippen molar-refractivity contribution in [3.63, 3.8) is 0 Å². The van der Waals surface area contributed by atoms with Crippen molar-refractivity contribution in [3.05, 3.63) is 138 Å². The van der Waals surface area contributed by atoms with Crippen LogP contribution < -0.4 is 20.9 Å². The summed E-state index contributed by atoms with van der Waals surface area (Å²) in [7, 11) is 5.99. The molecule has 1 unspecified atom stereocenters. The number of aliphatic hydroxyl groups excluding tert-OH is 1. The number of hydrogen-bond acceptors (Lipinski definition) is 11. The standard InChI is InChI=1S/C54H70N10O4.C4H10.CH4O/c1-33(2)48(59-35(4)67-9)52(65)63-28-12-14-46(63)51-57-32-43(61-51)36-15-19-38(20-16-36)47-29-42(55-8)49(64(47)41-25-23-40(24-26-41)54(5,6)7)39-21-17-37(18-22-39)44-31-56-50(60-44)45-13-11-27-62(45)34(3)30-58-53(66)68-10;1-4(2)3;1-2/h15-26,31-33,42,45-49,55,59H,3-4,11-14,27-30H2,1-2,5-10H3,(H,56,60)(H,57,61)(H,58,66);4H,1-3H3;2H,1H3/t42-,45-,46-,47+,48?,49-;;/m0../s1. The van der Waals surface area contributed by atoms with Crippen molar-refractivity contribution < 1.29 is 24.2 Å². The monoisotopic (exact) mass is 1010 g/mol. The lowest BCUT2D eigenvalue weighted by atomic mass is 9.87. The van der Waals surface area contributed by atoms with E-state index >= 15 is 0 Å². The second-order valence-electron chi connectivity index (χ2n) is 21.6. The molecule has 0 spiro atoms. The number of hydrogen-bond donors (Lipinski definition) is 6. The highest BCUT2D eigenvalue weighted by Crippen LogP contribution is 2.48. The highest BCUT2D eigenvalue weighted by Gasteiger charge is 2.43. The summed E-state index contributed by atoms with van der Waals surface area (Å²) in [6.07, 6.45) is 7.97. The van der Waals surface area contributed by atoms with Crippen LogP contribution in [0.2, 0.25) is 0 Å². The number of imidazole rings is 2. The minimum Gasteiger partial charge on any atom is -0.483 e. The molecule has 3 aromatic carbocycles. The van der Waals surface area contributed by atoms with Crippen molar-refractivity contribution in [1.29, 1.82) is 0 Å². The van der Waals surface area contributed by atoms with E-state index < -0.39 is 12.1 Å². The van der Waals surface area contributed by atoms with E-state index in [9.17, 15) is 9.59 Å². The number of nitrogens with one attached hydrogen (secondary N) is 5. The topological polar surface area (TPSA) is 176 Å². The number of aromatic nitrogens is 4. The number of alkyl carbamates (subject to hydrolysis) is 1. The number of H-pyrrole nitrogens is 2. The van der Waals surface area contributed by atoms with Gasteiger partial charge in [-0.1, -0.05) is 123 Å². The fourth-order valence-electron chi connectivity index (χ4n) is 10.4. The van der Waals surface area contributed by atoms with Gasteiger partial charge in [0.25, 0.3) is 0 Å². The maximum absolute atomic E-state index is 13.9. The predicted molar refractivity (Wildman–Crippen MR) is 297 cm³/mol. The SMILES string of the molecule is C=C(NC(C(=O)N1CCC[C@H]1c1ncc(-c2ccc([C@H]3C[C@H](NC)[C@H](c4ccc(-c5cnc([C@@H]6CCCN6C(=C)CNC(=O)OC)[nH]5)cc4)N3c3ccc(C(C)(C)C)cc3)cc2)[nH]1)C(C)C)OC.CC(C)C.CO. The molecule has 15 nitrogen and oxygen atoms in total. The van der Waals surface area contributed by atoms with Gasteiger partial charge in [0.05, 0.1) is 68.7 Å². The molecule has 6 N–H and O–H groups in total. The maximum Gasteiger partial charge on any atom is 0.407 e. The van der Waals surface area contributed by atoms with Gasteiger partial charge in [-0.3, -0.25) is 4.79 Å². The van der Waals surface area contributed by atoms with Gasteiger partial charge in [0.2, 0.25) is 5.91 Å². The molecule has 5 aromatic rings. The predicted octanol–water partition coefficient (Wildman–Crippen LogP) is 10.7. The molecule has 6 atom stereocenters. The summed E-state index contributed by atoms with van der Waals surface area (Å²) in [5.74, 6) is 2.99. The van der Waals surface area contributed by atoms with E-state index in [0.29, 0.717) is 19.0 Å². The summed E-state index contributed by atoms with van der Waals surface area (Å²) in [6.45, 7) is 27.3. The van der Waals surface area contributed by atoms with Crippen molar-refractivity contribution in [2.24, 2.45) is 11.8 Å². The largest absolute Gasteiger partial charge is 0.483 e. The van der Waals surface area contributed by atoms with Crippen molar-refractivity contribution in [2.45, 2.75) is 129 Å². The van der Waals surface area contributed by atoms with Gasteiger partial charge in [-0.05, 0) is 103 Å². The lowest BCUT2D eigenvalue weighted by Gasteiger charge is -2.35. The fraction of sp³-hybridized carbons (Fsp3) is 0.492. The van der Waals surface area contributed by atoms with E-state index in [1.807, 2.05) is 31.1 Å². The van der Waals surface area contributed by atoms with E-state index in [1.165, 1.54) is 29.5 Å². The molecule has 3 fully saturated rings. The third-order valence-corrected chi connectivity index (χ3v) is 14.2. The number of carbonyl (C=O) groups excluding carboxylic acids is 2. The second kappa shape index (κ2) is 25.6. The molecule has 3 saturated heterocycles. The van der Waals surface area contributed by atoms with Gasteiger partial charge in [-0.2, -0.15) is 0 Å². The first-order valence-corrected chi connectivity index (χ1v) is 26.3. The molecule has 74 heavy (non-hydrogen) atoms. The Hall–Kier alpha value is -6.58. The van der Waals surface area contributed by atoms with Gasteiger partial charge in [-0.25, -0.2) is 14.8 Å². The maximum atomic E-state index is 13.9. The van der Waals surface area contributed by atoms with Crippen LogP contribution in [-0.4, -0.2) is 107 Å². The number of nitrogens with zero attached hydrogens (tertiary/aromatic N) is 5. The van der Waals surface area contributed by atoms with Crippen LogP contribution in [0.1, 0.15) is 140 Å². The Morgan fingerprint density at radius 3 is 1.76 bits per heavy atom. The van der Waals surface area contributed by atoms with E-state index in [1.54, 1.807) is 7.11 Å². The summed E-state index contributed by atoms with van der Waals surface area (Å²) >= 11 is 0. The lowest BCUT2D eigenvalue weighted by molar-refractivity contribution is -0.135. The molecule has 8 rings (SSSR count). The normalized spacial score (nSPS) is 19.9. The van der Waals surface area contributed by atoms with Crippen LogP contribution in [-0.2, 0) is 19.7 Å². The Labute approximate surface area is 440 Å². The second-order valence-corrected chi connectivity index (χ2v) is 21.6. The Bertz CT molecular complexity index is 2600. The Morgan fingerprint density at radius 2 is 1.27 bits per heavy atom. The van der Waals surface area contributed by atoms with Crippen LogP contribution in [0.15, 0.2) is 110 Å². The Kier molecular flexibility index (Phi) is 19.6. The number of rotatable bonds is 16. The first-order chi connectivity index (χ1) is 35.4. The van der Waals surface area contributed by atoms with E-state index in [0.717, 1.165) is 91.5 Å². The number of likely N-dealkylation sites (N-methyl/N-ethyl adjacent to an activating group) is 1. The highest BCUT2D eigenvalue weighted by molar-refractivity contribution is 5.83. The van der Waals surface area contributed by atoms with Crippen LogP contribution in [0.3, 0.4) is 0 Å². The molecule has 0 bridgehead atoms. The lowest BCUT2D eigenvalue weighted by Crippen LogP contribution is -2.48. The molecule has 3 aliphatic rings. The Morgan fingerprint density at radius 1 is 0.757 bits per heavy atom. The molecule has 2 amide bonds. The summed E-state index contributed by atoms with van der Waals surface area (Å²) in [4.78, 5) is 49.3. The number of carbonyl (C=O) groups is 2. The molecule has 0 saturated carbocycles. The van der Waals surface area contributed by atoms with Crippen molar-refractivity contribution in [1.82, 2.24) is 45.7 Å². The van der Waals surface area contributed by atoms with Gasteiger partial charge in [-0.15, -0.1) is 0 Å². The van der Waals surface area contributed by atoms with Crippen LogP contribution >= 0.6 is 0 Å². The quantitative estimate of drug-likeness (QED) is 0.0519. The average Bonchev–Trinajstić information content (AvgIpc) is 4.27. The van der Waals surface area contributed by atoms with Crippen LogP contribution in [0.5, 0.6) is 0 Å². The number of methoxy groups -OCH3 is 2. The molecule has 3 aliphatic heterocycles. The van der Waals surface area contributed by atoms with E-state index in [2.05, 4.69) is 170 Å². The van der Waals surface area contributed by atoms with Gasteiger partial charge in [0.15, 0.2) is 5.88 Å². The number of amides is 2. The highest BCUT2D eigenvalue weighted by atomic mass is 16.5. The zero-order chi connectivity index (χ0) is 53.9. The van der Waals surface area contributed by atoms with Gasteiger partial charge < -0.3 is 55.2 Å². The number of aliphatic hydroxyl groups is 1. The van der Waals surface area contributed by atoms with E-state index in [-0.39, 0.29) is 47.4 Å². The average molecular weight is 1010 g/mol. The third kappa shape index (κ3) is 13.4. The van der Waals surface area contributed by atoms with Crippen molar-refractivity contribution >= 4 is 17.7 Å². The molecule has 0 radical (unpaired) electrons.